The number of hydrogen-bond donors (Lipinski definition) is 5. The minimum atomic E-state index is -5.69. The van der Waals surface area contributed by atoms with Crippen LogP contribution in [0.25, 0.3) is 0 Å². The summed E-state index contributed by atoms with van der Waals surface area (Å²) in [5.41, 5.74) is 0. The Balaban J connectivity index is 2.70. The number of halogens is 1. The monoisotopic (exact) mass is 480 g/mol. The molecule has 6 atom stereocenters. The van der Waals surface area contributed by atoms with Crippen molar-refractivity contribution in [1.82, 2.24) is 0 Å². The van der Waals surface area contributed by atoms with E-state index in [0.29, 0.717) is 0 Å². The molecule has 158 valence electrons. The van der Waals surface area contributed by atoms with Crippen LogP contribution in [-0.4, -0.2) is 64.9 Å². The van der Waals surface area contributed by atoms with Gasteiger partial charge in [0.2, 0.25) is 0 Å². The zero-order valence-corrected chi connectivity index (χ0v) is 16.9. The van der Waals surface area contributed by atoms with Gasteiger partial charge in [-0.15, -0.1) is 0 Å². The van der Waals surface area contributed by atoms with Gasteiger partial charge in [-0.25, -0.2) is 18.3 Å². The third-order valence-electron chi connectivity index (χ3n) is 2.68. The van der Waals surface area contributed by atoms with E-state index < -0.39 is 63.9 Å². The van der Waals surface area contributed by atoms with E-state index in [9.17, 15) is 32.4 Å². The highest BCUT2D eigenvalue weighted by atomic mass is 31.3. The largest absolute Gasteiger partial charge is 0.490 e. The second kappa shape index (κ2) is 9.57. The Morgan fingerprint density at radius 3 is 2.15 bits per heavy atom. The van der Waals surface area contributed by atoms with Gasteiger partial charge in [0.1, 0.15) is 14.0 Å². The Kier molecular flexibility index (Phi) is 9.06. The highest BCUT2D eigenvalue weighted by molar-refractivity contribution is 7.66. The van der Waals surface area contributed by atoms with E-state index in [0.717, 1.165) is 0 Å². The second-order valence-electron chi connectivity index (χ2n) is 4.96. The van der Waals surface area contributed by atoms with E-state index in [2.05, 4.69) is 22.1 Å². The average molecular weight is 480 g/mol. The first-order valence-electron chi connectivity index (χ1n) is 6.70. The molecule has 15 nitrogen and oxygen atoms in total. The van der Waals surface area contributed by atoms with Crippen LogP contribution in [0.5, 0.6) is 0 Å². The molecule has 1 saturated heterocycles. The van der Waals surface area contributed by atoms with Gasteiger partial charge in [-0.2, -0.15) is 8.62 Å². The van der Waals surface area contributed by atoms with Gasteiger partial charge in [-0.3, -0.25) is 13.4 Å². The van der Waals surface area contributed by atoms with Crippen LogP contribution in [0.3, 0.4) is 0 Å². The summed E-state index contributed by atoms with van der Waals surface area (Å²) in [6, 6.07) is -0.588. The highest BCUT2D eigenvalue weighted by Gasteiger charge is 2.44. The lowest BCUT2D eigenvalue weighted by molar-refractivity contribution is -0.00361. The van der Waals surface area contributed by atoms with Crippen molar-refractivity contribution in [3.63, 3.8) is 0 Å². The Bertz CT molecular complexity index is 698. The molecule has 0 aliphatic carbocycles. The molecule has 3 unspecified atom stereocenters. The minimum Gasteiger partial charge on any atom is -0.379 e. The van der Waals surface area contributed by atoms with Crippen LogP contribution in [0.2, 0.25) is 0 Å². The summed E-state index contributed by atoms with van der Waals surface area (Å²) in [5, 5.41) is 0. The molecule has 1 fully saturated rings. The zero-order valence-electron chi connectivity index (χ0n) is 13.3. The number of rotatable bonds is 11. The van der Waals surface area contributed by atoms with Crippen molar-refractivity contribution in [3.8, 4) is 0 Å². The van der Waals surface area contributed by atoms with Gasteiger partial charge in [0, 0.05) is 6.00 Å². The fourth-order valence-corrected chi connectivity index (χ4v) is 5.69. The molecule has 1 aliphatic rings. The van der Waals surface area contributed by atoms with Crippen molar-refractivity contribution in [2.24, 2.45) is 0 Å². The molecule has 0 bridgehead atoms. The fourth-order valence-electron chi connectivity index (χ4n) is 1.91. The van der Waals surface area contributed by atoms with Crippen LogP contribution in [-0.2, 0) is 45.1 Å². The molecule has 0 amide bonds. The van der Waals surface area contributed by atoms with Crippen molar-refractivity contribution in [2.75, 3.05) is 6.61 Å². The van der Waals surface area contributed by atoms with Gasteiger partial charge in [0.15, 0.2) is 0 Å². The standard InChI is InChI=1S/C5H15B2FO15P4/c6-5-1-3(20-26(14,15)21-7-8)4(19-5)2-18-25(12,13)23-27(16,17)22-24(9,10)11/h3-5,7H,1-2,6H2,(H,12,13)(H,14,15)(H,16,17)(H2,9,10,11)/t3-,4+,5+/m0/s1. The number of phosphoric acid groups is 4. The molecule has 0 radical (unpaired) electrons. The van der Waals surface area contributed by atoms with Crippen LogP contribution in [0.4, 0.5) is 4.32 Å². The van der Waals surface area contributed by atoms with E-state index in [1.165, 1.54) is 7.85 Å². The predicted molar refractivity (Wildman–Crippen MR) is 85.7 cm³/mol. The number of hydrogen-bond acceptors (Lipinski definition) is 10. The van der Waals surface area contributed by atoms with E-state index in [1.807, 2.05) is 0 Å². The summed E-state index contributed by atoms with van der Waals surface area (Å²) >= 11 is 0. The summed E-state index contributed by atoms with van der Waals surface area (Å²) in [6.45, 7) is -0.895. The minimum absolute atomic E-state index is 0.0232. The topological polar surface area (TPSA) is 225 Å². The van der Waals surface area contributed by atoms with Crippen LogP contribution < -0.4 is 0 Å². The first-order chi connectivity index (χ1) is 12.0. The van der Waals surface area contributed by atoms with E-state index in [4.69, 9.17) is 19.4 Å². The lowest BCUT2D eigenvalue weighted by Gasteiger charge is -2.22. The van der Waals surface area contributed by atoms with E-state index in [-0.39, 0.29) is 6.42 Å². The first kappa shape index (κ1) is 25.6. The SMILES string of the molecule is B[C@H]1C[C@H](OP(=O)(O)OBF)[C@@H](COP(=O)(O)OP(=O)(O)OP(=O)(O)O)O1. The smallest absolute Gasteiger partial charge is 0.379 e. The summed E-state index contributed by atoms with van der Waals surface area (Å²) in [4.78, 5) is 44.4. The Labute approximate surface area is 152 Å². The molecule has 1 heterocycles. The van der Waals surface area contributed by atoms with Crippen molar-refractivity contribution >= 4 is 46.9 Å². The van der Waals surface area contributed by atoms with Crippen molar-refractivity contribution < 1.29 is 73.9 Å². The number of ether oxygens (including phenoxy) is 1. The lowest BCUT2D eigenvalue weighted by atomic mass is 9.96. The van der Waals surface area contributed by atoms with Crippen LogP contribution in [0.1, 0.15) is 6.42 Å². The van der Waals surface area contributed by atoms with Gasteiger partial charge >= 0.3 is 39.1 Å². The molecular weight excluding hydrogens is 465 g/mol. The summed E-state index contributed by atoms with van der Waals surface area (Å²) in [5.74, 6) is 0. The summed E-state index contributed by atoms with van der Waals surface area (Å²) in [7, 11) is -21.5. The second-order valence-corrected chi connectivity index (χ2v) is 10.8. The number of phosphoric ester groups is 2. The molecule has 5 N–H and O–H groups in total. The molecule has 0 aromatic carbocycles. The van der Waals surface area contributed by atoms with Crippen molar-refractivity contribution in [2.45, 2.75) is 24.6 Å². The van der Waals surface area contributed by atoms with Crippen LogP contribution in [0, 0.1) is 0 Å². The van der Waals surface area contributed by atoms with E-state index >= 15 is 0 Å². The molecule has 22 heteroatoms. The zero-order chi connectivity index (χ0) is 21.1. The summed E-state index contributed by atoms with van der Waals surface area (Å²) < 4.78 is 81.9. The average Bonchev–Trinajstić information content (AvgIpc) is 2.71. The molecule has 0 saturated carbocycles. The van der Waals surface area contributed by atoms with Gasteiger partial charge in [0.25, 0.3) is 0 Å². The molecular formula is C5H15B2FO15P4. The molecule has 1 aliphatic heterocycles. The highest BCUT2D eigenvalue weighted by Crippen LogP contribution is 2.66. The normalized spacial score (nSPS) is 30.2. The van der Waals surface area contributed by atoms with E-state index in [1.54, 1.807) is 0 Å². The molecule has 27 heavy (non-hydrogen) atoms. The Hall–Kier alpha value is 0.540. The van der Waals surface area contributed by atoms with Crippen LogP contribution in [0.15, 0.2) is 0 Å². The Morgan fingerprint density at radius 2 is 1.63 bits per heavy atom. The molecule has 0 spiro atoms. The van der Waals surface area contributed by atoms with Gasteiger partial charge in [-0.1, -0.05) is 0 Å². The maximum atomic E-state index is 12.0. The van der Waals surface area contributed by atoms with Crippen LogP contribution >= 0.6 is 31.3 Å². The summed E-state index contributed by atoms with van der Waals surface area (Å²) in [6.07, 6.45) is -2.56. The first-order valence-corrected chi connectivity index (χ1v) is 12.7. The molecule has 0 aromatic rings. The molecule has 0 aromatic heterocycles. The van der Waals surface area contributed by atoms with Gasteiger partial charge < -0.3 is 33.6 Å². The quantitative estimate of drug-likeness (QED) is 0.173. The van der Waals surface area contributed by atoms with Gasteiger partial charge in [-0.05, 0) is 6.42 Å². The third kappa shape index (κ3) is 10.2. The molecule has 1 rings (SSSR count). The van der Waals surface area contributed by atoms with Crippen molar-refractivity contribution in [1.29, 1.82) is 0 Å². The fraction of sp³-hybridized carbons (Fsp3) is 1.00. The predicted octanol–water partition coefficient (Wildman–Crippen LogP) is -1.18. The third-order valence-corrected chi connectivity index (χ3v) is 7.45. The maximum absolute atomic E-state index is 12.0. The van der Waals surface area contributed by atoms with Crippen molar-refractivity contribution in [3.05, 3.63) is 0 Å². The lowest BCUT2D eigenvalue weighted by Crippen LogP contribution is -2.28. The maximum Gasteiger partial charge on any atom is 0.490 e. The Morgan fingerprint density at radius 1 is 1.04 bits per heavy atom. The van der Waals surface area contributed by atoms with Gasteiger partial charge in [0.05, 0.1) is 12.7 Å².